The molecule has 0 fully saturated rings. The van der Waals surface area contributed by atoms with Crippen molar-refractivity contribution in [2.45, 2.75) is 38.8 Å². The van der Waals surface area contributed by atoms with Gasteiger partial charge in [-0.05, 0) is 47.5 Å². The van der Waals surface area contributed by atoms with Gasteiger partial charge < -0.3 is 25.2 Å². The van der Waals surface area contributed by atoms with E-state index < -0.39 is 0 Å². The van der Waals surface area contributed by atoms with E-state index in [-0.39, 0.29) is 75.6 Å². The molecule has 0 aliphatic carbocycles. The van der Waals surface area contributed by atoms with Crippen molar-refractivity contribution < 1.29 is 23.9 Å². The monoisotopic (exact) mass is 678 g/mol. The zero-order valence-electron chi connectivity index (χ0n) is 28.2. The number of nitrogens with zero attached hydrogens (tertiary/aromatic N) is 2. The summed E-state index contributed by atoms with van der Waals surface area (Å²) < 4.78 is 5.57. The van der Waals surface area contributed by atoms with Gasteiger partial charge in [-0.15, -0.1) is 0 Å². The molecule has 0 unspecified atom stereocenters. The first-order valence-corrected chi connectivity index (χ1v) is 17.1. The summed E-state index contributed by atoms with van der Waals surface area (Å²) in [6, 6.07) is 30.6. The smallest absolute Gasteiger partial charge is 0.227 e. The van der Waals surface area contributed by atoms with Crippen molar-refractivity contribution in [2.24, 2.45) is 0 Å². The minimum Gasteiger partial charge on any atom is -0.378 e. The second kappa shape index (κ2) is 17.0. The molecule has 6 rings (SSSR count). The summed E-state index contributed by atoms with van der Waals surface area (Å²) in [4.78, 5) is 55.1. The number of fused-ring (bicyclic) bond motifs is 4. The molecule has 4 aromatic rings. The van der Waals surface area contributed by atoms with Crippen molar-refractivity contribution in [1.29, 1.82) is 0 Å². The standard InChI is InChI=1S/C42H38N4O5/c47-39(21-23-41(49)45-29-35-13-3-1-9-31(35)17-19-33-11-5-7-15-37(33)45)43-25-27-51-28-26-44-40(48)22-24-42(50)46-30-36-14-4-2-10-32(36)18-20-34-12-6-8-16-38(34)46/h1-16H,21-30H2,(H,43,47)(H,44,48). The Morgan fingerprint density at radius 2 is 0.882 bits per heavy atom. The van der Waals surface area contributed by atoms with E-state index >= 15 is 0 Å². The molecule has 2 heterocycles. The fourth-order valence-electron chi connectivity index (χ4n) is 5.93. The third kappa shape index (κ3) is 9.10. The first-order chi connectivity index (χ1) is 25.0. The normalized spacial score (nSPS) is 12.3. The molecule has 0 saturated heterocycles. The van der Waals surface area contributed by atoms with Crippen LogP contribution in [0.25, 0.3) is 0 Å². The predicted molar refractivity (Wildman–Crippen MR) is 195 cm³/mol. The number of para-hydroxylation sites is 2. The molecule has 4 amide bonds. The van der Waals surface area contributed by atoms with Crippen LogP contribution in [0.5, 0.6) is 0 Å². The van der Waals surface area contributed by atoms with Crippen LogP contribution in [0.3, 0.4) is 0 Å². The van der Waals surface area contributed by atoms with Crippen LogP contribution in [0.15, 0.2) is 97.1 Å². The lowest BCUT2D eigenvalue weighted by molar-refractivity contribution is -0.125. The van der Waals surface area contributed by atoms with Gasteiger partial charge in [-0.1, -0.05) is 84.3 Å². The molecule has 2 aliphatic rings. The average Bonchev–Trinajstić information content (AvgIpc) is 3.14. The van der Waals surface area contributed by atoms with Crippen LogP contribution in [-0.2, 0) is 37.0 Å². The number of rotatable bonds is 12. The van der Waals surface area contributed by atoms with E-state index in [1.807, 2.05) is 97.1 Å². The second-order valence-corrected chi connectivity index (χ2v) is 12.1. The van der Waals surface area contributed by atoms with Crippen molar-refractivity contribution >= 4 is 35.0 Å². The van der Waals surface area contributed by atoms with Gasteiger partial charge in [0.05, 0.1) is 37.7 Å². The van der Waals surface area contributed by atoms with Gasteiger partial charge in [0, 0.05) is 61.0 Å². The second-order valence-electron chi connectivity index (χ2n) is 12.1. The van der Waals surface area contributed by atoms with Crippen LogP contribution < -0.4 is 20.4 Å². The zero-order valence-corrected chi connectivity index (χ0v) is 28.2. The summed E-state index contributed by atoms with van der Waals surface area (Å²) in [6.07, 6.45) is 0.193. The highest BCUT2D eigenvalue weighted by Gasteiger charge is 2.23. The van der Waals surface area contributed by atoms with Crippen LogP contribution in [-0.4, -0.2) is 49.9 Å². The van der Waals surface area contributed by atoms with Gasteiger partial charge in [-0.2, -0.15) is 0 Å². The fourth-order valence-corrected chi connectivity index (χ4v) is 5.93. The SMILES string of the molecule is O=C(CCC(=O)N1Cc2ccccc2C#Cc2ccccc21)NCCOCCNC(=O)CCC(=O)N1Cc2ccccc2C#Cc2ccccc21. The number of nitrogens with one attached hydrogen (secondary N) is 2. The third-order valence-electron chi connectivity index (χ3n) is 8.62. The lowest BCUT2D eigenvalue weighted by Crippen LogP contribution is -2.34. The van der Waals surface area contributed by atoms with Crippen molar-refractivity contribution in [3.05, 3.63) is 130 Å². The third-order valence-corrected chi connectivity index (χ3v) is 8.62. The van der Waals surface area contributed by atoms with Crippen molar-refractivity contribution in [3.63, 3.8) is 0 Å². The predicted octanol–water partition coefficient (Wildman–Crippen LogP) is 4.69. The van der Waals surface area contributed by atoms with Gasteiger partial charge in [-0.25, -0.2) is 0 Å². The highest BCUT2D eigenvalue weighted by Crippen LogP contribution is 2.27. The lowest BCUT2D eigenvalue weighted by Gasteiger charge is -2.26. The molecule has 0 saturated carbocycles. The maximum Gasteiger partial charge on any atom is 0.227 e. The Kier molecular flexibility index (Phi) is 11.5. The Morgan fingerprint density at radius 1 is 0.510 bits per heavy atom. The zero-order chi connectivity index (χ0) is 35.4. The molecule has 0 spiro atoms. The van der Waals surface area contributed by atoms with Crippen molar-refractivity contribution in [2.75, 3.05) is 36.1 Å². The Bertz CT molecular complexity index is 1920. The quantitative estimate of drug-likeness (QED) is 0.167. The number of carbonyl (C=O) groups is 4. The summed E-state index contributed by atoms with van der Waals surface area (Å²) in [5.41, 5.74) is 6.67. The summed E-state index contributed by atoms with van der Waals surface area (Å²) in [7, 11) is 0. The van der Waals surface area contributed by atoms with Gasteiger partial charge in [0.25, 0.3) is 0 Å². The van der Waals surface area contributed by atoms with E-state index in [2.05, 4.69) is 34.3 Å². The lowest BCUT2D eigenvalue weighted by atomic mass is 10.0. The minimum atomic E-state index is -0.247. The Labute approximate surface area is 298 Å². The molecule has 256 valence electrons. The maximum atomic E-state index is 13.3. The van der Waals surface area contributed by atoms with Crippen molar-refractivity contribution in [3.8, 4) is 23.7 Å². The first kappa shape index (κ1) is 34.7. The topological polar surface area (TPSA) is 108 Å². The van der Waals surface area contributed by atoms with Crippen LogP contribution in [0.2, 0.25) is 0 Å². The molecule has 0 aromatic heterocycles. The van der Waals surface area contributed by atoms with E-state index in [0.29, 0.717) is 13.1 Å². The first-order valence-electron chi connectivity index (χ1n) is 17.1. The Morgan fingerprint density at radius 3 is 1.33 bits per heavy atom. The molecule has 0 atom stereocenters. The molecule has 51 heavy (non-hydrogen) atoms. The molecule has 9 heteroatoms. The van der Waals surface area contributed by atoms with E-state index in [9.17, 15) is 19.2 Å². The van der Waals surface area contributed by atoms with Gasteiger partial charge in [0.2, 0.25) is 23.6 Å². The van der Waals surface area contributed by atoms with E-state index in [1.165, 1.54) is 0 Å². The Balaban J connectivity index is 0.880. The number of hydrogen-bond donors (Lipinski definition) is 2. The number of amides is 4. The summed E-state index contributed by atoms with van der Waals surface area (Å²) >= 11 is 0. The molecule has 2 aliphatic heterocycles. The number of anilines is 2. The van der Waals surface area contributed by atoms with E-state index in [4.69, 9.17) is 4.74 Å². The fraction of sp³-hybridized carbons (Fsp3) is 0.238. The summed E-state index contributed by atoms with van der Waals surface area (Å²) in [5.74, 6) is 12.0. The number of carbonyl (C=O) groups excluding carboxylic acids is 4. The minimum absolute atomic E-state index is 0.0442. The van der Waals surface area contributed by atoms with Crippen LogP contribution in [0, 0.1) is 23.7 Å². The summed E-state index contributed by atoms with van der Waals surface area (Å²) in [6.45, 7) is 1.80. The highest BCUT2D eigenvalue weighted by molar-refractivity contribution is 5.98. The van der Waals surface area contributed by atoms with Crippen LogP contribution >= 0.6 is 0 Å². The summed E-state index contributed by atoms with van der Waals surface area (Å²) in [5, 5.41) is 5.58. The van der Waals surface area contributed by atoms with E-state index in [1.54, 1.807) is 9.80 Å². The maximum absolute atomic E-state index is 13.3. The van der Waals surface area contributed by atoms with Gasteiger partial charge in [-0.3, -0.25) is 19.2 Å². The largest absolute Gasteiger partial charge is 0.378 e. The molecule has 9 nitrogen and oxygen atoms in total. The van der Waals surface area contributed by atoms with Crippen LogP contribution in [0.1, 0.15) is 59.1 Å². The number of benzene rings is 4. The van der Waals surface area contributed by atoms with Gasteiger partial charge >= 0.3 is 0 Å². The highest BCUT2D eigenvalue weighted by atomic mass is 16.5. The van der Waals surface area contributed by atoms with Crippen molar-refractivity contribution in [1.82, 2.24) is 10.6 Å². The molecule has 4 aromatic carbocycles. The van der Waals surface area contributed by atoms with E-state index in [0.717, 1.165) is 44.8 Å². The molecular formula is C42H38N4O5. The molecular weight excluding hydrogens is 640 g/mol. The number of hydrogen-bond acceptors (Lipinski definition) is 5. The average molecular weight is 679 g/mol. The van der Waals surface area contributed by atoms with Crippen LogP contribution in [0.4, 0.5) is 11.4 Å². The van der Waals surface area contributed by atoms with Gasteiger partial charge in [0.1, 0.15) is 0 Å². The molecule has 0 bridgehead atoms. The Hall–Kier alpha value is -6.16. The van der Waals surface area contributed by atoms with Gasteiger partial charge in [0.15, 0.2) is 0 Å². The molecule has 2 N–H and O–H groups in total. The number of ether oxygens (including phenoxy) is 1. The molecule has 0 radical (unpaired) electrons.